The molecule has 0 unspecified atom stereocenters. The van der Waals surface area contributed by atoms with Crippen LogP contribution in [0.4, 0.5) is 0 Å². The second-order valence-corrected chi connectivity index (χ2v) is 6.67. The van der Waals surface area contributed by atoms with E-state index in [1.807, 2.05) is 6.92 Å². The molecule has 1 amide bonds. The van der Waals surface area contributed by atoms with Gasteiger partial charge in [0.15, 0.2) is 6.61 Å². The van der Waals surface area contributed by atoms with Gasteiger partial charge in [0, 0.05) is 12.0 Å². The molecule has 1 heterocycles. The number of aromatic nitrogens is 2. The molecule has 8 nitrogen and oxygen atoms in total. The minimum Gasteiger partial charge on any atom is -0.485 e. The summed E-state index contributed by atoms with van der Waals surface area (Å²) in [5.74, 6) is 0.198. The quantitative estimate of drug-likeness (QED) is 0.767. The van der Waals surface area contributed by atoms with Crippen LogP contribution in [0.5, 0.6) is 5.75 Å². The van der Waals surface area contributed by atoms with Gasteiger partial charge < -0.3 is 19.7 Å². The van der Waals surface area contributed by atoms with Crippen LogP contribution in [-0.2, 0) is 17.8 Å². The van der Waals surface area contributed by atoms with Crippen LogP contribution in [0.3, 0.4) is 0 Å². The van der Waals surface area contributed by atoms with Gasteiger partial charge in [-0.3, -0.25) is 4.79 Å². The molecular formula is C19H23N3O5. The van der Waals surface area contributed by atoms with Crippen LogP contribution < -0.4 is 10.1 Å². The van der Waals surface area contributed by atoms with Crippen molar-refractivity contribution < 1.29 is 24.0 Å². The average Bonchev–Trinajstić information content (AvgIpc) is 3.15. The third kappa shape index (κ3) is 4.45. The van der Waals surface area contributed by atoms with Crippen LogP contribution >= 0.6 is 0 Å². The van der Waals surface area contributed by atoms with Gasteiger partial charge in [-0.1, -0.05) is 31.3 Å². The molecule has 0 spiro atoms. The van der Waals surface area contributed by atoms with Gasteiger partial charge in [-0.05, 0) is 37.1 Å². The molecule has 1 aliphatic carbocycles. The minimum atomic E-state index is -1.17. The normalized spacial score (nSPS) is 15.9. The number of nitrogens with one attached hydrogen (secondary N) is 1. The SMILES string of the molecule is CCc1nc(COc2ccc(C(=O)NC3(C(=O)O)CCCCC3)cc2)no1. The Morgan fingerprint density at radius 1 is 1.22 bits per heavy atom. The first-order valence-electron chi connectivity index (χ1n) is 9.12. The van der Waals surface area contributed by atoms with Crippen molar-refractivity contribution in [1.29, 1.82) is 0 Å². The summed E-state index contributed by atoms with van der Waals surface area (Å²) in [5.41, 5.74) is -0.776. The minimum absolute atomic E-state index is 0.164. The average molecular weight is 373 g/mol. The highest BCUT2D eigenvalue weighted by Gasteiger charge is 2.41. The number of carbonyl (C=O) groups is 2. The second kappa shape index (κ2) is 8.20. The highest BCUT2D eigenvalue weighted by molar-refractivity contribution is 5.98. The lowest BCUT2D eigenvalue weighted by Crippen LogP contribution is -2.55. The van der Waals surface area contributed by atoms with Crippen molar-refractivity contribution in [1.82, 2.24) is 15.5 Å². The standard InChI is InChI=1S/C19H23N3O5/c1-2-16-20-15(22-27-16)12-26-14-8-6-13(7-9-14)17(23)21-19(18(24)25)10-4-3-5-11-19/h6-9H,2-5,10-12H2,1H3,(H,21,23)(H,24,25). The lowest BCUT2D eigenvalue weighted by molar-refractivity contribution is -0.145. The molecular weight excluding hydrogens is 350 g/mol. The van der Waals surface area contributed by atoms with Gasteiger partial charge in [0.1, 0.15) is 11.3 Å². The van der Waals surface area contributed by atoms with Crippen LogP contribution in [0.15, 0.2) is 28.8 Å². The summed E-state index contributed by atoms with van der Waals surface area (Å²) in [7, 11) is 0. The number of carboxylic acids is 1. The van der Waals surface area contributed by atoms with Crippen molar-refractivity contribution in [2.45, 2.75) is 57.6 Å². The molecule has 1 aliphatic rings. The number of rotatable bonds is 7. The number of nitrogens with zero attached hydrogens (tertiary/aromatic N) is 2. The fourth-order valence-corrected chi connectivity index (χ4v) is 3.18. The van der Waals surface area contributed by atoms with E-state index in [0.29, 0.717) is 42.3 Å². The van der Waals surface area contributed by atoms with Crippen molar-refractivity contribution >= 4 is 11.9 Å². The zero-order valence-corrected chi connectivity index (χ0v) is 15.2. The molecule has 1 fully saturated rings. The summed E-state index contributed by atoms with van der Waals surface area (Å²) in [6.45, 7) is 2.08. The fourth-order valence-electron chi connectivity index (χ4n) is 3.18. The number of carbonyl (C=O) groups excluding carboxylic acids is 1. The van der Waals surface area contributed by atoms with E-state index in [9.17, 15) is 14.7 Å². The first-order chi connectivity index (χ1) is 13.0. The van der Waals surface area contributed by atoms with Gasteiger partial charge in [-0.2, -0.15) is 4.98 Å². The number of aryl methyl sites for hydroxylation is 1. The summed E-state index contributed by atoms with van der Waals surface area (Å²) >= 11 is 0. The Morgan fingerprint density at radius 3 is 2.52 bits per heavy atom. The van der Waals surface area contributed by atoms with E-state index in [0.717, 1.165) is 19.3 Å². The van der Waals surface area contributed by atoms with E-state index in [2.05, 4.69) is 15.5 Å². The van der Waals surface area contributed by atoms with Crippen molar-refractivity contribution in [3.05, 3.63) is 41.5 Å². The molecule has 0 atom stereocenters. The summed E-state index contributed by atoms with van der Waals surface area (Å²) in [5, 5.41) is 16.1. The molecule has 27 heavy (non-hydrogen) atoms. The Hall–Kier alpha value is -2.90. The van der Waals surface area contributed by atoms with Crippen LogP contribution in [-0.4, -0.2) is 32.7 Å². The monoisotopic (exact) mass is 373 g/mol. The molecule has 1 aromatic carbocycles. The van der Waals surface area contributed by atoms with Crippen LogP contribution in [0.1, 0.15) is 61.1 Å². The van der Waals surface area contributed by atoms with E-state index in [1.54, 1.807) is 24.3 Å². The van der Waals surface area contributed by atoms with Gasteiger partial charge in [0.05, 0.1) is 0 Å². The van der Waals surface area contributed by atoms with E-state index >= 15 is 0 Å². The van der Waals surface area contributed by atoms with Gasteiger partial charge in [-0.15, -0.1) is 0 Å². The van der Waals surface area contributed by atoms with Gasteiger partial charge >= 0.3 is 5.97 Å². The third-order valence-corrected chi connectivity index (χ3v) is 4.77. The first kappa shape index (κ1) is 18.9. The van der Waals surface area contributed by atoms with Crippen LogP contribution in [0.25, 0.3) is 0 Å². The predicted molar refractivity (Wildman–Crippen MR) is 95.4 cm³/mol. The zero-order valence-electron chi connectivity index (χ0n) is 15.2. The molecule has 0 saturated heterocycles. The summed E-state index contributed by atoms with van der Waals surface area (Å²) < 4.78 is 10.6. The maximum atomic E-state index is 12.5. The maximum Gasteiger partial charge on any atom is 0.329 e. The summed E-state index contributed by atoms with van der Waals surface area (Å²) in [6.07, 6.45) is 4.18. The summed E-state index contributed by atoms with van der Waals surface area (Å²) in [6, 6.07) is 6.53. The molecule has 2 N–H and O–H groups in total. The van der Waals surface area contributed by atoms with Gasteiger partial charge in [-0.25, -0.2) is 4.79 Å². The molecule has 1 aromatic heterocycles. The Bertz CT molecular complexity index is 794. The van der Waals surface area contributed by atoms with Crippen molar-refractivity contribution in [2.75, 3.05) is 0 Å². The number of amides is 1. The molecule has 8 heteroatoms. The number of benzene rings is 1. The number of ether oxygens (including phenoxy) is 1. The number of hydrogen-bond acceptors (Lipinski definition) is 6. The zero-order chi connectivity index (χ0) is 19.3. The predicted octanol–water partition coefficient (Wildman–Crippen LogP) is 2.73. The highest BCUT2D eigenvalue weighted by Crippen LogP contribution is 2.29. The first-order valence-corrected chi connectivity index (χ1v) is 9.12. The molecule has 0 aliphatic heterocycles. The van der Waals surface area contributed by atoms with Gasteiger partial charge in [0.25, 0.3) is 5.91 Å². The number of carboxylic acid groups (broad SMARTS) is 1. The van der Waals surface area contributed by atoms with Gasteiger partial charge in [0.2, 0.25) is 11.7 Å². The molecule has 2 aromatic rings. The number of aliphatic carboxylic acids is 1. The van der Waals surface area contributed by atoms with E-state index in [1.165, 1.54) is 0 Å². The highest BCUT2D eigenvalue weighted by atomic mass is 16.5. The summed E-state index contributed by atoms with van der Waals surface area (Å²) in [4.78, 5) is 28.3. The Labute approximate surface area is 156 Å². The maximum absolute atomic E-state index is 12.5. The molecule has 1 saturated carbocycles. The molecule has 3 rings (SSSR count). The van der Waals surface area contributed by atoms with Crippen LogP contribution in [0, 0.1) is 0 Å². The lowest BCUT2D eigenvalue weighted by atomic mass is 9.81. The van der Waals surface area contributed by atoms with Crippen molar-refractivity contribution in [3.63, 3.8) is 0 Å². The lowest BCUT2D eigenvalue weighted by Gasteiger charge is -2.34. The topological polar surface area (TPSA) is 115 Å². The molecule has 144 valence electrons. The van der Waals surface area contributed by atoms with E-state index in [-0.39, 0.29) is 6.61 Å². The second-order valence-electron chi connectivity index (χ2n) is 6.67. The third-order valence-electron chi connectivity index (χ3n) is 4.77. The Balaban J connectivity index is 1.60. The van der Waals surface area contributed by atoms with Crippen molar-refractivity contribution in [2.24, 2.45) is 0 Å². The fraction of sp³-hybridized carbons (Fsp3) is 0.474. The largest absolute Gasteiger partial charge is 0.485 e. The molecule has 0 radical (unpaired) electrons. The Morgan fingerprint density at radius 2 is 1.93 bits per heavy atom. The smallest absolute Gasteiger partial charge is 0.329 e. The van der Waals surface area contributed by atoms with Crippen LogP contribution in [0.2, 0.25) is 0 Å². The number of hydrogen-bond donors (Lipinski definition) is 2. The van der Waals surface area contributed by atoms with Crippen molar-refractivity contribution in [3.8, 4) is 5.75 Å². The Kier molecular flexibility index (Phi) is 5.73. The molecule has 0 bridgehead atoms. The van der Waals surface area contributed by atoms with E-state index < -0.39 is 17.4 Å². The van der Waals surface area contributed by atoms with E-state index in [4.69, 9.17) is 9.26 Å².